The van der Waals surface area contributed by atoms with Crippen LogP contribution in [0.4, 0.5) is 11.4 Å². The number of Topliss-reactive ketones (excluding diaryl/α,β-unsaturated/α-hetero) is 1. The van der Waals surface area contributed by atoms with Crippen molar-refractivity contribution >= 4 is 46.4 Å². The summed E-state index contributed by atoms with van der Waals surface area (Å²) in [5.74, 6) is -0.215. The van der Waals surface area contributed by atoms with E-state index in [9.17, 15) is 9.59 Å². The number of rotatable bonds is 9. The Labute approximate surface area is 189 Å². The summed E-state index contributed by atoms with van der Waals surface area (Å²) in [6, 6.07) is 6.27. The number of hydrogen-bond acceptors (Lipinski definition) is 8. The van der Waals surface area contributed by atoms with Crippen LogP contribution in [-0.4, -0.2) is 46.2 Å². The number of azo groups is 1. The molecule has 166 valence electrons. The van der Waals surface area contributed by atoms with Gasteiger partial charge in [0.25, 0.3) is 5.91 Å². The van der Waals surface area contributed by atoms with Crippen molar-refractivity contribution < 1.29 is 28.5 Å². The zero-order valence-electron chi connectivity index (χ0n) is 17.5. The van der Waals surface area contributed by atoms with Crippen molar-refractivity contribution in [1.82, 2.24) is 0 Å². The van der Waals surface area contributed by atoms with Gasteiger partial charge in [-0.15, -0.1) is 0 Å². The summed E-state index contributed by atoms with van der Waals surface area (Å²) in [6.07, 6.45) is 0. The Bertz CT molecular complexity index is 974. The number of hydrogen-bond donors (Lipinski definition) is 0. The van der Waals surface area contributed by atoms with Gasteiger partial charge in [-0.3, -0.25) is 9.59 Å². The van der Waals surface area contributed by atoms with Crippen molar-refractivity contribution in [2.45, 2.75) is 13.0 Å². The summed E-state index contributed by atoms with van der Waals surface area (Å²) < 4.78 is 21.6. The van der Waals surface area contributed by atoms with E-state index in [-0.39, 0.29) is 22.1 Å². The van der Waals surface area contributed by atoms with Crippen molar-refractivity contribution in [1.29, 1.82) is 0 Å². The number of carbonyl (C=O) groups is 2. The van der Waals surface area contributed by atoms with Gasteiger partial charge in [0.2, 0.25) is 6.04 Å². The van der Waals surface area contributed by atoms with Crippen LogP contribution in [0.2, 0.25) is 5.02 Å². The molecule has 0 aliphatic carbocycles. The van der Waals surface area contributed by atoms with E-state index < -0.39 is 17.7 Å². The Balaban J connectivity index is 2.39. The van der Waals surface area contributed by atoms with Gasteiger partial charge >= 0.3 is 0 Å². The van der Waals surface area contributed by atoms with Gasteiger partial charge in [-0.05, 0) is 19.1 Å². The van der Waals surface area contributed by atoms with E-state index in [1.54, 1.807) is 12.1 Å². The van der Waals surface area contributed by atoms with E-state index in [2.05, 4.69) is 10.2 Å². The SMILES string of the molecule is COc1cc(N=NC(C(C)=O)C(=O)N(Cl)c2cccc(OC)c2OC)cc(OC)c1Cl. The molecule has 0 bridgehead atoms. The lowest BCUT2D eigenvalue weighted by Gasteiger charge is -2.20. The summed E-state index contributed by atoms with van der Waals surface area (Å²) in [4.78, 5) is 25.1. The molecule has 0 fully saturated rings. The van der Waals surface area contributed by atoms with Gasteiger partial charge in [-0.1, -0.05) is 17.7 Å². The molecule has 0 aromatic heterocycles. The Hall–Kier alpha value is -3.04. The first kappa shape index (κ1) is 24.2. The number of para-hydroxylation sites is 1. The second kappa shape index (κ2) is 10.8. The molecule has 9 nitrogen and oxygen atoms in total. The topological polar surface area (TPSA) is 99.0 Å². The van der Waals surface area contributed by atoms with E-state index in [1.165, 1.54) is 53.6 Å². The first-order chi connectivity index (χ1) is 14.8. The highest BCUT2D eigenvalue weighted by atomic mass is 35.5. The number of benzene rings is 2. The Morgan fingerprint density at radius 1 is 0.968 bits per heavy atom. The molecule has 1 amide bonds. The third-order valence-electron chi connectivity index (χ3n) is 4.13. The molecular weight excluding hydrogens is 449 g/mol. The largest absolute Gasteiger partial charge is 0.495 e. The molecule has 1 unspecified atom stereocenters. The molecule has 1 atom stereocenters. The van der Waals surface area contributed by atoms with Gasteiger partial charge in [-0.2, -0.15) is 10.2 Å². The van der Waals surface area contributed by atoms with Gasteiger partial charge in [0.1, 0.15) is 22.2 Å². The lowest BCUT2D eigenvalue weighted by molar-refractivity contribution is -0.126. The second-order valence-electron chi connectivity index (χ2n) is 6.02. The summed E-state index contributed by atoms with van der Waals surface area (Å²) in [6.45, 7) is 1.21. The van der Waals surface area contributed by atoms with Crippen LogP contribution < -0.4 is 23.4 Å². The maximum Gasteiger partial charge on any atom is 0.276 e. The Morgan fingerprint density at radius 2 is 1.55 bits per heavy atom. The fourth-order valence-electron chi connectivity index (χ4n) is 2.59. The standard InChI is InChI=1S/C20H21Cl2N3O6/c1-11(26)18(24-23-12-9-15(29-3)17(21)16(10-12)30-4)20(27)25(22)13-7-6-8-14(28-2)19(13)31-5/h6-10,18H,1-5H3. The monoisotopic (exact) mass is 469 g/mol. The first-order valence-corrected chi connectivity index (χ1v) is 9.54. The predicted octanol–water partition coefficient (Wildman–Crippen LogP) is 4.60. The van der Waals surface area contributed by atoms with Crippen molar-refractivity contribution in [3.05, 3.63) is 35.4 Å². The molecule has 0 aliphatic heterocycles. The highest BCUT2D eigenvalue weighted by Gasteiger charge is 2.31. The number of ether oxygens (including phenoxy) is 4. The smallest absolute Gasteiger partial charge is 0.276 e. The summed E-state index contributed by atoms with van der Waals surface area (Å²) in [5.41, 5.74) is 0.446. The fourth-order valence-corrected chi connectivity index (χ4v) is 3.08. The minimum Gasteiger partial charge on any atom is -0.495 e. The molecule has 11 heteroatoms. The maximum absolute atomic E-state index is 12.9. The third-order valence-corrected chi connectivity index (χ3v) is 4.85. The lowest BCUT2D eigenvalue weighted by Crippen LogP contribution is -2.36. The van der Waals surface area contributed by atoms with Crippen LogP contribution >= 0.6 is 23.4 Å². The van der Waals surface area contributed by atoms with Gasteiger partial charge < -0.3 is 18.9 Å². The van der Waals surface area contributed by atoms with Gasteiger partial charge in [0.05, 0.1) is 34.1 Å². The predicted molar refractivity (Wildman–Crippen MR) is 116 cm³/mol. The highest BCUT2D eigenvalue weighted by Crippen LogP contribution is 2.39. The summed E-state index contributed by atoms with van der Waals surface area (Å²) in [5, 5.41) is 8.13. The van der Waals surface area contributed by atoms with Gasteiger partial charge in [-0.25, -0.2) is 4.42 Å². The van der Waals surface area contributed by atoms with Crippen molar-refractivity contribution in [2.75, 3.05) is 32.9 Å². The van der Waals surface area contributed by atoms with E-state index in [0.717, 1.165) is 4.42 Å². The van der Waals surface area contributed by atoms with E-state index in [4.69, 9.17) is 42.3 Å². The second-order valence-corrected chi connectivity index (χ2v) is 6.74. The molecule has 2 rings (SSSR count). The van der Waals surface area contributed by atoms with Gasteiger partial charge in [0, 0.05) is 23.9 Å². The van der Waals surface area contributed by atoms with Crippen molar-refractivity contribution in [3.63, 3.8) is 0 Å². The first-order valence-electron chi connectivity index (χ1n) is 8.82. The quantitative estimate of drug-likeness (QED) is 0.302. The highest BCUT2D eigenvalue weighted by molar-refractivity contribution is 6.39. The molecule has 0 saturated heterocycles. The molecule has 2 aromatic rings. The molecule has 0 spiro atoms. The Kier molecular flexibility index (Phi) is 8.47. The maximum atomic E-state index is 12.9. The van der Waals surface area contributed by atoms with Gasteiger partial charge in [0.15, 0.2) is 17.3 Å². The zero-order chi connectivity index (χ0) is 23.1. The van der Waals surface area contributed by atoms with E-state index in [0.29, 0.717) is 17.2 Å². The number of halogens is 2. The molecule has 0 heterocycles. The van der Waals surface area contributed by atoms with Crippen LogP contribution in [0.15, 0.2) is 40.6 Å². The number of ketones is 1. The van der Waals surface area contributed by atoms with E-state index >= 15 is 0 Å². The molecule has 0 aliphatic rings. The third kappa shape index (κ3) is 5.36. The average molecular weight is 470 g/mol. The summed E-state index contributed by atoms with van der Waals surface area (Å²) >= 11 is 12.4. The van der Waals surface area contributed by atoms with Crippen LogP contribution in [0, 0.1) is 0 Å². The van der Waals surface area contributed by atoms with Crippen LogP contribution in [-0.2, 0) is 9.59 Å². The normalized spacial score (nSPS) is 11.7. The van der Waals surface area contributed by atoms with Crippen LogP contribution in [0.1, 0.15) is 6.92 Å². The molecule has 0 N–H and O–H groups in total. The molecule has 2 aromatic carbocycles. The number of methoxy groups -OCH3 is 4. The number of nitrogens with zero attached hydrogens (tertiary/aromatic N) is 3. The minimum absolute atomic E-state index is 0.185. The lowest BCUT2D eigenvalue weighted by atomic mass is 10.2. The molecule has 0 saturated carbocycles. The minimum atomic E-state index is -1.50. The van der Waals surface area contributed by atoms with Crippen molar-refractivity contribution in [2.24, 2.45) is 10.2 Å². The Morgan fingerprint density at radius 3 is 2.03 bits per heavy atom. The van der Waals surface area contributed by atoms with E-state index in [1.807, 2.05) is 0 Å². The number of amides is 1. The molecule has 0 radical (unpaired) electrons. The fraction of sp³-hybridized carbons (Fsp3) is 0.300. The van der Waals surface area contributed by atoms with Crippen LogP contribution in [0.25, 0.3) is 0 Å². The molecule has 31 heavy (non-hydrogen) atoms. The number of carbonyl (C=O) groups excluding carboxylic acids is 2. The average Bonchev–Trinajstić information content (AvgIpc) is 2.78. The van der Waals surface area contributed by atoms with Crippen LogP contribution in [0.3, 0.4) is 0 Å². The summed E-state index contributed by atoms with van der Waals surface area (Å²) in [7, 11) is 5.70. The van der Waals surface area contributed by atoms with Crippen LogP contribution in [0.5, 0.6) is 23.0 Å². The molecular formula is C20H21Cl2N3O6. The van der Waals surface area contributed by atoms with Crippen molar-refractivity contribution in [3.8, 4) is 23.0 Å². The number of anilines is 1. The zero-order valence-corrected chi connectivity index (χ0v) is 19.0.